The lowest BCUT2D eigenvalue weighted by Gasteiger charge is -2.43. The van der Waals surface area contributed by atoms with Gasteiger partial charge in [0.05, 0.1) is 24.2 Å². The predicted octanol–water partition coefficient (Wildman–Crippen LogP) is 2.37. The van der Waals surface area contributed by atoms with Crippen LogP contribution in [0.25, 0.3) is 0 Å². The SMILES string of the molecule is C[C@@H]1CN(C(=O)[C@@H]2CCC(=O)N(C)[C@@H]2c2ccccc2F)C[C@@H](C)O1. The number of rotatable bonds is 2. The van der Waals surface area contributed by atoms with E-state index in [0.717, 1.165) is 0 Å². The average Bonchev–Trinajstić information content (AvgIpc) is 2.56. The van der Waals surface area contributed by atoms with Crippen LogP contribution < -0.4 is 0 Å². The van der Waals surface area contributed by atoms with Gasteiger partial charge in [-0.15, -0.1) is 0 Å². The third-order valence-corrected chi connectivity index (χ3v) is 5.13. The van der Waals surface area contributed by atoms with Gasteiger partial charge in [0.2, 0.25) is 11.8 Å². The summed E-state index contributed by atoms with van der Waals surface area (Å²) in [6, 6.07) is 5.84. The summed E-state index contributed by atoms with van der Waals surface area (Å²) in [4.78, 5) is 28.7. The Morgan fingerprint density at radius 3 is 2.48 bits per heavy atom. The Labute approximate surface area is 147 Å². The molecule has 0 saturated carbocycles. The van der Waals surface area contributed by atoms with Gasteiger partial charge in [-0.2, -0.15) is 0 Å². The van der Waals surface area contributed by atoms with Crippen molar-refractivity contribution < 1.29 is 18.7 Å². The fraction of sp³-hybridized carbons (Fsp3) is 0.579. The number of hydrogen-bond donors (Lipinski definition) is 0. The molecule has 1 aromatic carbocycles. The lowest BCUT2D eigenvalue weighted by atomic mass is 9.83. The zero-order valence-corrected chi connectivity index (χ0v) is 14.9. The van der Waals surface area contributed by atoms with Gasteiger partial charge in [-0.05, 0) is 26.3 Å². The van der Waals surface area contributed by atoms with Crippen LogP contribution in [0.1, 0.15) is 38.3 Å². The Bertz CT molecular complexity index is 656. The number of benzene rings is 1. The van der Waals surface area contributed by atoms with E-state index in [1.807, 2.05) is 13.8 Å². The van der Waals surface area contributed by atoms with Gasteiger partial charge in [-0.3, -0.25) is 9.59 Å². The second kappa shape index (κ2) is 7.12. The molecule has 136 valence electrons. The van der Waals surface area contributed by atoms with E-state index in [1.54, 1.807) is 30.1 Å². The summed E-state index contributed by atoms with van der Waals surface area (Å²) in [5, 5.41) is 0. The van der Waals surface area contributed by atoms with Gasteiger partial charge in [0.15, 0.2) is 0 Å². The number of nitrogens with zero attached hydrogens (tertiary/aromatic N) is 2. The quantitative estimate of drug-likeness (QED) is 0.824. The van der Waals surface area contributed by atoms with Crippen molar-refractivity contribution in [2.45, 2.75) is 44.9 Å². The third-order valence-electron chi connectivity index (χ3n) is 5.13. The minimum absolute atomic E-state index is 0.0189. The molecular formula is C19H25FN2O3. The summed E-state index contributed by atoms with van der Waals surface area (Å²) in [7, 11) is 1.66. The lowest BCUT2D eigenvalue weighted by Crippen LogP contribution is -2.53. The number of hydrogen-bond acceptors (Lipinski definition) is 3. The van der Waals surface area contributed by atoms with E-state index in [1.165, 1.54) is 11.0 Å². The standard InChI is InChI=1S/C19H25FN2O3/c1-12-10-22(11-13(2)25-12)19(24)15-8-9-17(23)21(3)18(15)14-6-4-5-7-16(14)20/h4-7,12-13,15,18H,8-11H2,1-3H3/t12-,13-,15-,18-/m1/s1. The molecule has 2 aliphatic heterocycles. The molecule has 6 heteroatoms. The number of halogens is 1. The molecule has 25 heavy (non-hydrogen) atoms. The third kappa shape index (κ3) is 3.54. The molecule has 2 aliphatic rings. The monoisotopic (exact) mass is 348 g/mol. The van der Waals surface area contributed by atoms with Crippen molar-refractivity contribution in [1.82, 2.24) is 9.80 Å². The van der Waals surface area contributed by atoms with E-state index in [0.29, 0.717) is 31.5 Å². The molecule has 0 N–H and O–H groups in total. The van der Waals surface area contributed by atoms with Gasteiger partial charge >= 0.3 is 0 Å². The van der Waals surface area contributed by atoms with Crippen molar-refractivity contribution in [3.63, 3.8) is 0 Å². The van der Waals surface area contributed by atoms with Crippen LogP contribution in [0.5, 0.6) is 0 Å². The van der Waals surface area contributed by atoms with Crippen molar-refractivity contribution in [1.29, 1.82) is 0 Å². The molecule has 2 fully saturated rings. The summed E-state index contributed by atoms with van der Waals surface area (Å²) in [5.74, 6) is -0.886. The van der Waals surface area contributed by atoms with E-state index >= 15 is 0 Å². The first kappa shape index (κ1) is 17.9. The van der Waals surface area contributed by atoms with Crippen LogP contribution >= 0.6 is 0 Å². The van der Waals surface area contributed by atoms with Gasteiger partial charge in [0, 0.05) is 32.1 Å². The van der Waals surface area contributed by atoms with E-state index in [-0.39, 0.29) is 29.8 Å². The molecule has 0 bridgehead atoms. The smallest absolute Gasteiger partial charge is 0.228 e. The minimum atomic E-state index is -0.566. The summed E-state index contributed by atoms with van der Waals surface area (Å²) in [5.41, 5.74) is 0.408. The van der Waals surface area contributed by atoms with Crippen LogP contribution in [0.4, 0.5) is 4.39 Å². The van der Waals surface area contributed by atoms with Gasteiger partial charge < -0.3 is 14.5 Å². The summed E-state index contributed by atoms with van der Waals surface area (Å²) in [6.07, 6.45) is 0.708. The van der Waals surface area contributed by atoms with Crippen molar-refractivity contribution >= 4 is 11.8 Å². The van der Waals surface area contributed by atoms with Crippen molar-refractivity contribution in [3.8, 4) is 0 Å². The van der Waals surface area contributed by atoms with Crippen LogP contribution in [0.3, 0.4) is 0 Å². The maximum absolute atomic E-state index is 14.4. The van der Waals surface area contributed by atoms with Crippen LogP contribution in [0.15, 0.2) is 24.3 Å². The van der Waals surface area contributed by atoms with Crippen molar-refractivity contribution in [2.24, 2.45) is 5.92 Å². The predicted molar refractivity (Wildman–Crippen MR) is 91.2 cm³/mol. The molecule has 4 atom stereocenters. The van der Waals surface area contributed by atoms with E-state index < -0.39 is 12.0 Å². The highest BCUT2D eigenvalue weighted by Gasteiger charge is 2.42. The number of piperidine rings is 1. The molecule has 3 rings (SSSR count). The highest BCUT2D eigenvalue weighted by Crippen LogP contribution is 2.38. The molecule has 2 saturated heterocycles. The number of carbonyl (C=O) groups is 2. The van der Waals surface area contributed by atoms with Gasteiger partial charge in [-0.25, -0.2) is 4.39 Å². The average molecular weight is 348 g/mol. The lowest BCUT2D eigenvalue weighted by molar-refractivity contribution is -0.154. The first-order valence-corrected chi connectivity index (χ1v) is 8.82. The molecule has 5 nitrogen and oxygen atoms in total. The number of carbonyl (C=O) groups excluding carboxylic acids is 2. The molecule has 0 spiro atoms. The van der Waals surface area contributed by atoms with Gasteiger partial charge in [0.1, 0.15) is 5.82 Å². The van der Waals surface area contributed by atoms with Crippen LogP contribution in [0, 0.1) is 11.7 Å². The zero-order chi connectivity index (χ0) is 18.1. The summed E-state index contributed by atoms with van der Waals surface area (Å²) < 4.78 is 20.1. The number of likely N-dealkylation sites (tertiary alicyclic amines) is 1. The van der Waals surface area contributed by atoms with Crippen LogP contribution in [-0.4, -0.2) is 54.0 Å². The molecular weight excluding hydrogens is 323 g/mol. The maximum atomic E-state index is 14.4. The van der Waals surface area contributed by atoms with E-state index in [4.69, 9.17) is 4.74 Å². The van der Waals surface area contributed by atoms with Crippen LogP contribution in [-0.2, 0) is 14.3 Å². The fourth-order valence-corrected chi connectivity index (χ4v) is 4.03. The first-order chi connectivity index (χ1) is 11.9. The van der Waals surface area contributed by atoms with Crippen LogP contribution in [0.2, 0.25) is 0 Å². The second-order valence-electron chi connectivity index (χ2n) is 7.12. The van der Waals surface area contributed by atoms with Gasteiger partial charge in [-0.1, -0.05) is 18.2 Å². The number of amides is 2. The highest BCUT2D eigenvalue weighted by atomic mass is 19.1. The Balaban J connectivity index is 1.91. The summed E-state index contributed by atoms with van der Waals surface area (Å²) >= 11 is 0. The normalized spacial score (nSPS) is 30.5. The molecule has 1 aromatic rings. The Kier molecular flexibility index (Phi) is 5.08. The summed E-state index contributed by atoms with van der Waals surface area (Å²) in [6.45, 7) is 4.95. The second-order valence-corrected chi connectivity index (χ2v) is 7.12. The van der Waals surface area contributed by atoms with Crippen molar-refractivity contribution in [2.75, 3.05) is 20.1 Å². The Morgan fingerprint density at radius 1 is 1.20 bits per heavy atom. The zero-order valence-electron chi connectivity index (χ0n) is 14.9. The molecule has 0 aromatic heterocycles. The Morgan fingerprint density at radius 2 is 1.84 bits per heavy atom. The van der Waals surface area contributed by atoms with E-state index in [9.17, 15) is 14.0 Å². The number of morpholine rings is 1. The van der Waals surface area contributed by atoms with E-state index in [2.05, 4.69) is 0 Å². The largest absolute Gasteiger partial charge is 0.372 e. The van der Waals surface area contributed by atoms with Crippen molar-refractivity contribution in [3.05, 3.63) is 35.6 Å². The maximum Gasteiger partial charge on any atom is 0.228 e. The minimum Gasteiger partial charge on any atom is -0.372 e. The molecule has 0 radical (unpaired) electrons. The first-order valence-electron chi connectivity index (χ1n) is 8.82. The number of ether oxygens (including phenoxy) is 1. The van der Waals surface area contributed by atoms with Gasteiger partial charge in [0.25, 0.3) is 0 Å². The topological polar surface area (TPSA) is 49.9 Å². The Hall–Kier alpha value is -1.95. The molecule has 0 unspecified atom stereocenters. The molecule has 2 heterocycles. The molecule has 0 aliphatic carbocycles. The molecule has 2 amide bonds. The fourth-order valence-electron chi connectivity index (χ4n) is 4.03. The highest BCUT2D eigenvalue weighted by molar-refractivity contribution is 5.85.